The van der Waals surface area contributed by atoms with Crippen molar-refractivity contribution in [2.24, 2.45) is 0 Å². The summed E-state index contributed by atoms with van der Waals surface area (Å²) in [5.41, 5.74) is 4.68. The van der Waals surface area contributed by atoms with Gasteiger partial charge in [0.25, 0.3) is 5.91 Å². The number of carbonyl (C=O) groups is 1. The Morgan fingerprint density at radius 2 is 1.71 bits per heavy atom. The largest absolute Gasteiger partial charge is 0.497 e. The predicted molar refractivity (Wildman–Crippen MR) is 121 cm³/mol. The van der Waals surface area contributed by atoms with Crippen LogP contribution in [0, 0.1) is 0 Å². The van der Waals surface area contributed by atoms with Gasteiger partial charge in [0, 0.05) is 36.7 Å². The number of nitrogens with zero attached hydrogens (tertiary/aromatic N) is 2. The predicted octanol–water partition coefficient (Wildman–Crippen LogP) is 4.42. The SMILES string of the molecule is COc1ccc(C(=O)Nc2cccc(CNCc3ccc(-n4cccn4)cc3)c2)cc1. The van der Waals surface area contributed by atoms with Gasteiger partial charge in [0.15, 0.2) is 0 Å². The summed E-state index contributed by atoms with van der Waals surface area (Å²) in [6.45, 7) is 1.45. The average Bonchev–Trinajstić information content (AvgIpc) is 3.35. The Hall–Kier alpha value is -3.90. The molecule has 0 saturated carbocycles. The van der Waals surface area contributed by atoms with Crippen molar-refractivity contribution in [3.05, 3.63) is 108 Å². The molecule has 1 aromatic heterocycles. The normalized spacial score (nSPS) is 10.6. The molecule has 1 amide bonds. The smallest absolute Gasteiger partial charge is 0.255 e. The first-order valence-corrected chi connectivity index (χ1v) is 10.1. The monoisotopic (exact) mass is 412 g/mol. The number of rotatable bonds is 8. The molecule has 31 heavy (non-hydrogen) atoms. The van der Waals surface area contributed by atoms with Crippen LogP contribution in [0.25, 0.3) is 5.69 Å². The standard InChI is InChI=1S/C25H24N4O2/c1-31-24-12-8-21(9-13-24)25(30)28-22-5-2-4-20(16-22)18-26-17-19-6-10-23(11-7-19)29-15-3-14-27-29/h2-16,26H,17-18H2,1H3,(H,28,30). The van der Waals surface area contributed by atoms with Crippen molar-refractivity contribution in [2.75, 3.05) is 12.4 Å². The zero-order chi connectivity index (χ0) is 21.5. The molecule has 0 bridgehead atoms. The molecule has 0 aliphatic rings. The summed E-state index contributed by atoms with van der Waals surface area (Å²) < 4.78 is 6.97. The van der Waals surface area contributed by atoms with Gasteiger partial charge in [-0.2, -0.15) is 5.10 Å². The molecule has 4 rings (SSSR count). The van der Waals surface area contributed by atoms with Crippen LogP contribution in [0.15, 0.2) is 91.3 Å². The topological polar surface area (TPSA) is 68.2 Å². The van der Waals surface area contributed by atoms with Gasteiger partial charge in [-0.15, -0.1) is 0 Å². The van der Waals surface area contributed by atoms with Crippen LogP contribution in [-0.4, -0.2) is 22.8 Å². The fourth-order valence-corrected chi connectivity index (χ4v) is 3.24. The van der Waals surface area contributed by atoms with Crippen molar-refractivity contribution in [3.63, 3.8) is 0 Å². The van der Waals surface area contributed by atoms with E-state index in [4.69, 9.17) is 4.74 Å². The summed E-state index contributed by atoms with van der Waals surface area (Å²) in [7, 11) is 1.60. The van der Waals surface area contributed by atoms with Crippen molar-refractivity contribution in [1.29, 1.82) is 0 Å². The molecule has 0 unspecified atom stereocenters. The highest BCUT2D eigenvalue weighted by atomic mass is 16.5. The maximum Gasteiger partial charge on any atom is 0.255 e. The molecule has 4 aromatic rings. The summed E-state index contributed by atoms with van der Waals surface area (Å²) in [5, 5.41) is 10.6. The summed E-state index contributed by atoms with van der Waals surface area (Å²) in [5.74, 6) is 0.575. The van der Waals surface area contributed by atoms with Gasteiger partial charge in [0.05, 0.1) is 12.8 Å². The van der Waals surface area contributed by atoms with E-state index in [-0.39, 0.29) is 5.91 Å². The van der Waals surface area contributed by atoms with Crippen molar-refractivity contribution in [1.82, 2.24) is 15.1 Å². The van der Waals surface area contributed by atoms with E-state index in [1.165, 1.54) is 5.56 Å². The number of amides is 1. The van der Waals surface area contributed by atoms with Crippen LogP contribution in [0.3, 0.4) is 0 Å². The second kappa shape index (κ2) is 9.73. The number of hydrogen-bond donors (Lipinski definition) is 2. The Morgan fingerprint density at radius 1 is 0.935 bits per heavy atom. The minimum Gasteiger partial charge on any atom is -0.497 e. The quantitative estimate of drug-likeness (QED) is 0.449. The van der Waals surface area contributed by atoms with E-state index in [2.05, 4.69) is 40.0 Å². The molecule has 1 heterocycles. The Balaban J connectivity index is 1.30. The van der Waals surface area contributed by atoms with Gasteiger partial charge in [-0.05, 0) is 65.7 Å². The van der Waals surface area contributed by atoms with Crippen molar-refractivity contribution < 1.29 is 9.53 Å². The molecular weight excluding hydrogens is 388 g/mol. The second-order valence-electron chi connectivity index (χ2n) is 7.10. The maximum absolute atomic E-state index is 12.5. The minimum absolute atomic E-state index is 0.148. The van der Waals surface area contributed by atoms with Crippen molar-refractivity contribution in [2.45, 2.75) is 13.1 Å². The zero-order valence-corrected chi connectivity index (χ0v) is 17.3. The number of methoxy groups -OCH3 is 1. The number of benzene rings is 3. The molecule has 0 atom stereocenters. The lowest BCUT2D eigenvalue weighted by Crippen LogP contribution is -2.14. The number of anilines is 1. The molecule has 0 fully saturated rings. The molecule has 3 aromatic carbocycles. The van der Waals surface area contributed by atoms with E-state index in [1.807, 2.05) is 41.2 Å². The third-order valence-electron chi connectivity index (χ3n) is 4.90. The first kappa shape index (κ1) is 20.4. The number of carbonyl (C=O) groups excluding carboxylic acids is 1. The molecule has 0 saturated heterocycles. The van der Waals surface area contributed by atoms with Crippen LogP contribution in [0.4, 0.5) is 5.69 Å². The molecular formula is C25H24N4O2. The highest BCUT2D eigenvalue weighted by Crippen LogP contribution is 2.15. The highest BCUT2D eigenvalue weighted by Gasteiger charge is 2.07. The van der Waals surface area contributed by atoms with E-state index in [9.17, 15) is 4.79 Å². The molecule has 0 aliphatic carbocycles. The van der Waals surface area contributed by atoms with Crippen molar-refractivity contribution in [3.8, 4) is 11.4 Å². The second-order valence-corrected chi connectivity index (χ2v) is 7.10. The van der Waals surface area contributed by atoms with Gasteiger partial charge < -0.3 is 15.4 Å². The Kier molecular flexibility index (Phi) is 6.40. The van der Waals surface area contributed by atoms with Crippen LogP contribution < -0.4 is 15.4 Å². The van der Waals surface area contributed by atoms with Crippen LogP contribution in [-0.2, 0) is 13.1 Å². The van der Waals surface area contributed by atoms with E-state index in [1.54, 1.807) is 37.6 Å². The Bertz CT molecular complexity index is 1120. The zero-order valence-electron chi connectivity index (χ0n) is 17.3. The van der Waals surface area contributed by atoms with Gasteiger partial charge in [-0.25, -0.2) is 4.68 Å². The van der Waals surface area contributed by atoms with E-state index >= 15 is 0 Å². The number of hydrogen-bond acceptors (Lipinski definition) is 4. The minimum atomic E-state index is -0.148. The lowest BCUT2D eigenvalue weighted by atomic mass is 10.1. The Morgan fingerprint density at radius 3 is 2.42 bits per heavy atom. The molecule has 6 heteroatoms. The third-order valence-corrected chi connectivity index (χ3v) is 4.90. The fourth-order valence-electron chi connectivity index (χ4n) is 3.24. The Labute approximate surface area is 181 Å². The first-order chi connectivity index (χ1) is 15.2. The molecule has 156 valence electrons. The summed E-state index contributed by atoms with van der Waals surface area (Å²) >= 11 is 0. The van der Waals surface area contributed by atoms with Crippen LogP contribution in [0.1, 0.15) is 21.5 Å². The summed E-state index contributed by atoms with van der Waals surface area (Å²) in [4.78, 5) is 12.5. The van der Waals surface area contributed by atoms with Crippen LogP contribution >= 0.6 is 0 Å². The number of ether oxygens (including phenoxy) is 1. The van der Waals surface area contributed by atoms with E-state index < -0.39 is 0 Å². The number of nitrogens with one attached hydrogen (secondary N) is 2. The average molecular weight is 412 g/mol. The molecule has 0 aliphatic heterocycles. The molecule has 2 N–H and O–H groups in total. The summed E-state index contributed by atoms with van der Waals surface area (Å²) in [6.07, 6.45) is 3.69. The van der Waals surface area contributed by atoms with Gasteiger partial charge in [0.1, 0.15) is 5.75 Å². The van der Waals surface area contributed by atoms with Gasteiger partial charge in [0.2, 0.25) is 0 Å². The van der Waals surface area contributed by atoms with Crippen LogP contribution in [0.2, 0.25) is 0 Å². The molecule has 0 radical (unpaired) electrons. The lowest BCUT2D eigenvalue weighted by Gasteiger charge is -2.10. The molecule has 0 spiro atoms. The van der Waals surface area contributed by atoms with Crippen molar-refractivity contribution >= 4 is 11.6 Å². The third kappa shape index (κ3) is 5.38. The molecule has 6 nitrogen and oxygen atoms in total. The van der Waals surface area contributed by atoms with Gasteiger partial charge in [-0.1, -0.05) is 24.3 Å². The van der Waals surface area contributed by atoms with E-state index in [0.29, 0.717) is 12.1 Å². The number of aromatic nitrogens is 2. The van der Waals surface area contributed by atoms with Gasteiger partial charge >= 0.3 is 0 Å². The summed E-state index contributed by atoms with van der Waals surface area (Å²) in [6, 6.07) is 25.1. The first-order valence-electron chi connectivity index (χ1n) is 10.1. The van der Waals surface area contributed by atoms with Gasteiger partial charge in [-0.3, -0.25) is 4.79 Å². The van der Waals surface area contributed by atoms with E-state index in [0.717, 1.165) is 29.2 Å². The maximum atomic E-state index is 12.5. The highest BCUT2D eigenvalue weighted by molar-refractivity contribution is 6.04. The fraction of sp³-hybridized carbons (Fsp3) is 0.120. The van der Waals surface area contributed by atoms with Crippen LogP contribution in [0.5, 0.6) is 5.75 Å². The lowest BCUT2D eigenvalue weighted by molar-refractivity contribution is 0.102.